The molecule has 0 bridgehead atoms. The molecule has 134 valence electrons. The van der Waals surface area contributed by atoms with Crippen LogP contribution in [0.3, 0.4) is 0 Å². The molecule has 2 aliphatic rings. The minimum atomic E-state index is -0.138. The Morgan fingerprint density at radius 2 is 1.46 bits per heavy atom. The average molecular weight is 349 g/mol. The third-order valence-electron chi connectivity index (χ3n) is 5.21. The van der Waals surface area contributed by atoms with Gasteiger partial charge in [-0.25, -0.2) is 4.98 Å². The Kier molecular flexibility index (Phi) is 4.69. The van der Waals surface area contributed by atoms with Crippen LogP contribution in [0.25, 0.3) is 0 Å². The van der Waals surface area contributed by atoms with Gasteiger partial charge in [0.15, 0.2) is 0 Å². The SMILES string of the molecule is O=C(c1cccc(C(=O)N2CCc3ccccc32)n1)N1CCCCCC1. The van der Waals surface area contributed by atoms with E-state index in [2.05, 4.69) is 11.1 Å². The molecule has 2 aromatic rings. The molecule has 2 amide bonds. The van der Waals surface area contributed by atoms with E-state index < -0.39 is 0 Å². The van der Waals surface area contributed by atoms with Crippen molar-refractivity contribution in [2.75, 3.05) is 24.5 Å². The lowest BCUT2D eigenvalue weighted by atomic mass is 10.2. The Hall–Kier alpha value is -2.69. The number of para-hydroxylation sites is 1. The number of likely N-dealkylation sites (tertiary alicyclic amines) is 1. The third-order valence-corrected chi connectivity index (χ3v) is 5.21. The van der Waals surface area contributed by atoms with Gasteiger partial charge in [-0.3, -0.25) is 9.59 Å². The quantitative estimate of drug-likeness (QED) is 0.836. The van der Waals surface area contributed by atoms with Crippen LogP contribution in [0.4, 0.5) is 5.69 Å². The van der Waals surface area contributed by atoms with Gasteiger partial charge in [-0.05, 0) is 43.0 Å². The molecule has 1 fully saturated rings. The molecule has 4 rings (SSSR count). The fraction of sp³-hybridized carbons (Fsp3) is 0.381. The number of rotatable bonds is 2. The summed E-state index contributed by atoms with van der Waals surface area (Å²) < 4.78 is 0. The molecule has 5 nitrogen and oxygen atoms in total. The largest absolute Gasteiger partial charge is 0.337 e. The predicted molar refractivity (Wildman–Crippen MR) is 100 cm³/mol. The fourth-order valence-electron chi connectivity index (χ4n) is 3.80. The number of aromatic nitrogens is 1. The van der Waals surface area contributed by atoms with Crippen molar-refractivity contribution in [2.24, 2.45) is 0 Å². The summed E-state index contributed by atoms with van der Waals surface area (Å²) in [6, 6.07) is 13.1. The first kappa shape index (κ1) is 16.8. The third kappa shape index (κ3) is 3.21. The van der Waals surface area contributed by atoms with Crippen LogP contribution >= 0.6 is 0 Å². The Labute approximate surface area is 153 Å². The molecule has 1 saturated heterocycles. The molecule has 2 aliphatic heterocycles. The average Bonchev–Trinajstić information content (AvgIpc) is 2.93. The van der Waals surface area contributed by atoms with Crippen LogP contribution in [0.1, 0.15) is 52.2 Å². The highest BCUT2D eigenvalue weighted by Crippen LogP contribution is 2.28. The van der Waals surface area contributed by atoms with Crippen molar-refractivity contribution < 1.29 is 9.59 Å². The minimum absolute atomic E-state index is 0.0663. The molecule has 26 heavy (non-hydrogen) atoms. The minimum Gasteiger partial charge on any atom is -0.337 e. The molecule has 0 unspecified atom stereocenters. The van der Waals surface area contributed by atoms with Crippen molar-refractivity contribution in [1.29, 1.82) is 0 Å². The summed E-state index contributed by atoms with van der Waals surface area (Å²) in [5, 5.41) is 0. The van der Waals surface area contributed by atoms with Crippen LogP contribution < -0.4 is 4.90 Å². The molecule has 0 spiro atoms. The van der Waals surface area contributed by atoms with Gasteiger partial charge < -0.3 is 9.80 Å². The molecule has 0 aliphatic carbocycles. The zero-order valence-electron chi connectivity index (χ0n) is 14.9. The number of fused-ring (bicyclic) bond motifs is 1. The smallest absolute Gasteiger partial charge is 0.276 e. The van der Waals surface area contributed by atoms with Crippen LogP contribution in [0, 0.1) is 0 Å². The van der Waals surface area contributed by atoms with E-state index in [4.69, 9.17) is 0 Å². The maximum Gasteiger partial charge on any atom is 0.276 e. The summed E-state index contributed by atoms with van der Waals surface area (Å²) in [5.74, 6) is -0.205. The van der Waals surface area contributed by atoms with Crippen molar-refractivity contribution in [3.63, 3.8) is 0 Å². The monoisotopic (exact) mass is 349 g/mol. The van der Waals surface area contributed by atoms with E-state index in [0.29, 0.717) is 17.9 Å². The van der Waals surface area contributed by atoms with E-state index in [0.717, 1.165) is 38.0 Å². The number of nitrogens with zero attached hydrogens (tertiary/aromatic N) is 3. The van der Waals surface area contributed by atoms with Crippen LogP contribution in [-0.4, -0.2) is 41.3 Å². The molecule has 0 radical (unpaired) electrons. The van der Waals surface area contributed by atoms with Crippen molar-refractivity contribution >= 4 is 17.5 Å². The highest BCUT2D eigenvalue weighted by atomic mass is 16.2. The molecule has 5 heteroatoms. The van der Waals surface area contributed by atoms with E-state index in [-0.39, 0.29) is 11.8 Å². The second kappa shape index (κ2) is 7.28. The van der Waals surface area contributed by atoms with E-state index in [9.17, 15) is 9.59 Å². The first-order chi connectivity index (χ1) is 12.7. The van der Waals surface area contributed by atoms with Gasteiger partial charge in [-0.15, -0.1) is 0 Å². The van der Waals surface area contributed by atoms with Gasteiger partial charge in [0, 0.05) is 25.3 Å². The topological polar surface area (TPSA) is 53.5 Å². The van der Waals surface area contributed by atoms with Crippen molar-refractivity contribution in [3.05, 3.63) is 59.4 Å². The van der Waals surface area contributed by atoms with E-state index >= 15 is 0 Å². The van der Waals surface area contributed by atoms with E-state index in [1.165, 1.54) is 18.4 Å². The standard InChI is InChI=1S/C21H23N3O2/c25-20(23-13-5-1-2-6-14-23)17-9-7-10-18(22-17)21(26)24-15-12-16-8-3-4-11-19(16)24/h3-4,7-11H,1-2,5-6,12-15H2. The molecule has 0 atom stereocenters. The summed E-state index contributed by atoms with van der Waals surface area (Å²) in [7, 11) is 0. The molecule has 0 saturated carbocycles. The van der Waals surface area contributed by atoms with Crippen LogP contribution in [0.15, 0.2) is 42.5 Å². The van der Waals surface area contributed by atoms with Crippen LogP contribution in [0.2, 0.25) is 0 Å². The predicted octanol–water partition coefficient (Wildman–Crippen LogP) is 3.30. The first-order valence-electron chi connectivity index (χ1n) is 9.40. The number of amides is 2. The van der Waals surface area contributed by atoms with Crippen molar-refractivity contribution in [2.45, 2.75) is 32.1 Å². The van der Waals surface area contributed by atoms with E-state index in [1.807, 2.05) is 23.1 Å². The lowest BCUT2D eigenvalue weighted by molar-refractivity contribution is 0.0755. The number of benzene rings is 1. The molecule has 1 aromatic carbocycles. The second-order valence-corrected chi connectivity index (χ2v) is 6.95. The molecular formula is C21H23N3O2. The lowest BCUT2D eigenvalue weighted by Crippen LogP contribution is -2.34. The Morgan fingerprint density at radius 3 is 2.23 bits per heavy atom. The summed E-state index contributed by atoms with van der Waals surface area (Å²) in [6.07, 6.45) is 5.27. The summed E-state index contributed by atoms with van der Waals surface area (Å²) in [5.41, 5.74) is 2.83. The van der Waals surface area contributed by atoms with Crippen LogP contribution in [-0.2, 0) is 6.42 Å². The number of hydrogen-bond donors (Lipinski definition) is 0. The summed E-state index contributed by atoms with van der Waals surface area (Å²) in [6.45, 7) is 2.21. The van der Waals surface area contributed by atoms with Gasteiger partial charge in [-0.1, -0.05) is 37.1 Å². The van der Waals surface area contributed by atoms with E-state index in [1.54, 1.807) is 23.1 Å². The number of anilines is 1. The van der Waals surface area contributed by atoms with Gasteiger partial charge >= 0.3 is 0 Å². The fourth-order valence-corrected chi connectivity index (χ4v) is 3.80. The van der Waals surface area contributed by atoms with Gasteiger partial charge in [0.2, 0.25) is 0 Å². The number of pyridine rings is 1. The summed E-state index contributed by atoms with van der Waals surface area (Å²) in [4.78, 5) is 33.8. The van der Waals surface area contributed by atoms with Crippen LogP contribution in [0.5, 0.6) is 0 Å². The van der Waals surface area contributed by atoms with Crippen molar-refractivity contribution in [1.82, 2.24) is 9.88 Å². The maximum absolute atomic E-state index is 13.0. The maximum atomic E-state index is 13.0. The Balaban J connectivity index is 1.56. The highest BCUT2D eigenvalue weighted by molar-refractivity contribution is 6.06. The molecule has 3 heterocycles. The number of carbonyl (C=O) groups is 2. The number of carbonyl (C=O) groups excluding carboxylic acids is 2. The van der Waals surface area contributed by atoms with Gasteiger partial charge in [0.25, 0.3) is 11.8 Å². The Bertz CT molecular complexity index is 826. The van der Waals surface area contributed by atoms with Crippen molar-refractivity contribution in [3.8, 4) is 0 Å². The van der Waals surface area contributed by atoms with Gasteiger partial charge in [0.05, 0.1) is 0 Å². The molecule has 1 aromatic heterocycles. The molecular weight excluding hydrogens is 326 g/mol. The zero-order chi connectivity index (χ0) is 17.9. The first-order valence-corrected chi connectivity index (χ1v) is 9.40. The van der Waals surface area contributed by atoms with Gasteiger partial charge in [0.1, 0.15) is 11.4 Å². The second-order valence-electron chi connectivity index (χ2n) is 6.95. The number of hydrogen-bond acceptors (Lipinski definition) is 3. The van der Waals surface area contributed by atoms with Gasteiger partial charge in [-0.2, -0.15) is 0 Å². The lowest BCUT2D eigenvalue weighted by Gasteiger charge is -2.20. The highest BCUT2D eigenvalue weighted by Gasteiger charge is 2.27. The normalized spacial score (nSPS) is 16.9. The molecule has 0 N–H and O–H groups in total. The zero-order valence-corrected chi connectivity index (χ0v) is 14.9. The Morgan fingerprint density at radius 1 is 0.769 bits per heavy atom. The summed E-state index contributed by atoms with van der Waals surface area (Å²) >= 11 is 0.